The van der Waals surface area contributed by atoms with Crippen molar-refractivity contribution in [1.29, 1.82) is 0 Å². The molecule has 4 saturated carbocycles. The smallest absolute Gasteiger partial charge is 0.104 e. The topological polar surface area (TPSA) is 21.8 Å². The Labute approximate surface area is 135 Å². The largest absolute Gasteiger partial charge is 0.375 e. The van der Waals surface area contributed by atoms with Crippen molar-refractivity contribution in [3.05, 3.63) is 0 Å². The minimum Gasteiger partial charge on any atom is -0.375 e. The van der Waals surface area contributed by atoms with Crippen LogP contribution in [-0.2, 0) is 9.47 Å². The normalized spacial score (nSPS) is 57.5. The minimum absolute atomic E-state index is 0.437. The van der Waals surface area contributed by atoms with Gasteiger partial charge in [-0.05, 0) is 73.0 Å². The number of rotatable bonds is 6. The average Bonchev–Trinajstić information content (AvgIpc) is 2.88. The second-order valence-corrected chi connectivity index (χ2v) is 9.11. The van der Waals surface area contributed by atoms with Gasteiger partial charge >= 0.3 is 0 Å². The van der Waals surface area contributed by atoms with Gasteiger partial charge in [0, 0.05) is 0 Å². The maximum Gasteiger partial charge on any atom is 0.104 e. The number of hydrogen-bond acceptors (Lipinski definition) is 2. The van der Waals surface area contributed by atoms with Gasteiger partial charge in [-0.25, -0.2) is 0 Å². The predicted molar refractivity (Wildman–Crippen MR) is 86.5 cm³/mol. The highest BCUT2D eigenvalue weighted by atomic mass is 16.6. The molecule has 5 fully saturated rings. The number of unbranched alkanes of at least 4 members (excludes halogenated alkanes) is 1. The molecule has 2 nitrogen and oxygen atoms in total. The molecular weight excluding hydrogens is 272 g/mol. The molecule has 124 valence electrons. The lowest BCUT2D eigenvalue weighted by Gasteiger charge is -2.44. The summed E-state index contributed by atoms with van der Waals surface area (Å²) in [5, 5.41) is 0. The van der Waals surface area contributed by atoms with Crippen LogP contribution < -0.4 is 0 Å². The lowest BCUT2D eigenvalue weighted by molar-refractivity contribution is -0.0491. The van der Waals surface area contributed by atoms with Crippen molar-refractivity contribution in [3.63, 3.8) is 0 Å². The molecule has 4 bridgehead atoms. The van der Waals surface area contributed by atoms with Crippen LogP contribution in [0.2, 0.25) is 0 Å². The average molecular weight is 304 g/mol. The standard InChI is InChI=1S/C20H32O2/c1-3-4-5-14-11(2)15-8-16(14)19-12-6-17(20(15)19)18(7-12)22-10-13-9-21-13/h11-20H,3-10H2,1-2H3. The summed E-state index contributed by atoms with van der Waals surface area (Å²) in [6, 6.07) is 0. The van der Waals surface area contributed by atoms with Gasteiger partial charge in [-0.1, -0.05) is 26.7 Å². The van der Waals surface area contributed by atoms with Gasteiger partial charge in [-0.3, -0.25) is 0 Å². The van der Waals surface area contributed by atoms with Crippen molar-refractivity contribution >= 4 is 0 Å². The van der Waals surface area contributed by atoms with Crippen LogP contribution in [0.15, 0.2) is 0 Å². The van der Waals surface area contributed by atoms with E-state index in [0.717, 1.165) is 60.6 Å². The van der Waals surface area contributed by atoms with Gasteiger partial charge in [0.25, 0.3) is 0 Å². The van der Waals surface area contributed by atoms with Gasteiger partial charge in [0.2, 0.25) is 0 Å². The molecule has 2 heteroatoms. The van der Waals surface area contributed by atoms with Crippen molar-refractivity contribution in [1.82, 2.24) is 0 Å². The van der Waals surface area contributed by atoms with Crippen LogP contribution in [0, 0.1) is 47.3 Å². The highest BCUT2D eigenvalue weighted by molar-refractivity contribution is 5.14. The van der Waals surface area contributed by atoms with Gasteiger partial charge in [0.05, 0.1) is 19.3 Å². The molecule has 5 rings (SSSR count). The zero-order valence-electron chi connectivity index (χ0n) is 14.2. The third-order valence-corrected chi connectivity index (χ3v) is 8.29. The molecule has 0 aromatic heterocycles. The molecule has 1 aliphatic heterocycles. The summed E-state index contributed by atoms with van der Waals surface area (Å²) < 4.78 is 11.6. The SMILES string of the molecule is CCCCC1C(C)C2CC1C1C3CC(OCC4CO4)C(C3)C21. The maximum absolute atomic E-state index is 6.28. The zero-order valence-corrected chi connectivity index (χ0v) is 14.2. The molecule has 10 unspecified atom stereocenters. The van der Waals surface area contributed by atoms with E-state index in [0.29, 0.717) is 12.2 Å². The molecule has 0 N–H and O–H groups in total. The lowest BCUT2D eigenvalue weighted by atomic mass is 9.62. The van der Waals surface area contributed by atoms with E-state index in [1.165, 1.54) is 32.1 Å². The van der Waals surface area contributed by atoms with Gasteiger partial charge in [-0.2, -0.15) is 0 Å². The Kier molecular flexibility index (Phi) is 3.38. The molecule has 4 aliphatic carbocycles. The van der Waals surface area contributed by atoms with Gasteiger partial charge in [0.15, 0.2) is 0 Å². The summed E-state index contributed by atoms with van der Waals surface area (Å²) in [7, 11) is 0. The van der Waals surface area contributed by atoms with Crippen molar-refractivity contribution in [2.45, 2.75) is 64.6 Å². The van der Waals surface area contributed by atoms with Gasteiger partial charge in [-0.15, -0.1) is 0 Å². The van der Waals surface area contributed by atoms with E-state index in [9.17, 15) is 0 Å². The van der Waals surface area contributed by atoms with Crippen LogP contribution in [0.25, 0.3) is 0 Å². The molecular formula is C20H32O2. The Balaban J connectivity index is 1.29. The summed E-state index contributed by atoms with van der Waals surface area (Å²) in [5.74, 6) is 8.20. The summed E-state index contributed by atoms with van der Waals surface area (Å²) in [6.45, 7) is 6.74. The first-order valence-electron chi connectivity index (χ1n) is 10.0. The maximum atomic E-state index is 6.28. The Bertz CT molecular complexity index is 431. The molecule has 0 aromatic rings. The van der Waals surface area contributed by atoms with Crippen LogP contribution in [0.5, 0.6) is 0 Å². The fourth-order valence-electron chi connectivity index (χ4n) is 7.49. The second-order valence-electron chi connectivity index (χ2n) is 9.11. The molecule has 0 radical (unpaired) electrons. The Morgan fingerprint density at radius 2 is 1.91 bits per heavy atom. The summed E-state index contributed by atoms with van der Waals surface area (Å²) in [4.78, 5) is 0. The fraction of sp³-hybridized carbons (Fsp3) is 1.00. The van der Waals surface area contributed by atoms with Crippen LogP contribution in [0.4, 0.5) is 0 Å². The van der Waals surface area contributed by atoms with Gasteiger partial charge < -0.3 is 9.47 Å². The van der Waals surface area contributed by atoms with Crippen molar-refractivity contribution in [3.8, 4) is 0 Å². The third-order valence-electron chi connectivity index (χ3n) is 8.29. The first-order chi connectivity index (χ1) is 10.8. The predicted octanol–water partition coefficient (Wildman–Crippen LogP) is 4.13. The van der Waals surface area contributed by atoms with Crippen LogP contribution in [0.1, 0.15) is 52.4 Å². The van der Waals surface area contributed by atoms with Crippen LogP contribution in [0.3, 0.4) is 0 Å². The molecule has 0 spiro atoms. The lowest BCUT2D eigenvalue weighted by Crippen LogP contribution is -2.42. The summed E-state index contributed by atoms with van der Waals surface area (Å²) in [6.07, 6.45) is 9.79. The summed E-state index contributed by atoms with van der Waals surface area (Å²) in [5.41, 5.74) is 0. The molecule has 5 aliphatic rings. The molecule has 10 atom stereocenters. The highest BCUT2D eigenvalue weighted by Gasteiger charge is 2.66. The molecule has 1 heterocycles. The van der Waals surface area contributed by atoms with E-state index >= 15 is 0 Å². The number of epoxide rings is 1. The van der Waals surface area contributed by atoms with Gasteiger partial charge in [0.1, 0.15) is 6.10 Å². The number of ether oxygens (including phenoxy) is 2. The van der Waals surface area contributed by atoms with E-state index in [2.05, 4.69) is 13.8 Å². The van der Waals surface area contributed by atoms with E-state index in [4.69, 9.17) is 9.47 Å². The first kappa shape index (κ1) is 14.3. The van der Waals surface area contributed by atoms with Crippen molar-refractivity contribution < 1.29 is 9.47 Å². The highest BCUT2D eigenvalue weighted by Crippen LogP contribution is 2.71. The van der Waals surface area contributed by atoms with E-state index in [-0.39, 0.29) is 0 Å². The fourth-order valence-corrected chi connectivity index (χ4v) is 7.49. The molecule has 22 heavy (non-hydrogen) atoms. The van der Waals surface area contributed by atoms with Crippen LogP contribution in [-0.4, -0.2) is 25.4 Å². The Morgan fingerprint density at radius 1 is 1.05 bits per heavy atom. The zero-order chi connectivity index (χ0) is 14.8. The van der Waals surface area contributed by atoms with E-state index in [1.807, 2.05) is 0 Å². The van der Waals surface area contributed by atoms with Crippen LogP contribution >= 0.6 is 0 Å². The van der Waals surface area contributed by atoms with E-state index in [1.54, 1.807) is 6.42 Å². The molecule has 1 saturated heterocycles. The van der Waals surface area contributed by atoms with Crippen molar-refractivity contribution in [2.24, 2.45) is 47.3 Å². The second kappa shape index (κ2) is 5.21. The number of fused-ring (bicyclic) bond motifs is 9. The molecule has 0 amide bonds. The minimum atomic E-state index is 0.437. The van der Waals surface area contributed by atoms with Crippen molar-refractivity contribution in [2.75, 3.05) is 13.2 Å². The number of hydrogen-bond donors (Lipinski definition) is 0. The first-order valence-corrected chi connectivity index (χ1v) is 10.0. The molecule has 0 aromatic carbocycles. The Morgan fingerprint density at radius 3 is 2.68 bits per heavy atom. The third kappa shape index (κ3) is 1.99. The monoisotopic (exact) mass is 304 g/mol. The van der Waals surface area contributed by atoms with E-state index < -0.39 is 0 Å². The summed E-state index contributed by atoms with van der Waals surface area (Å²) >= 11 is 0. The quantitative estimate of drug-likeness (QED) is 0.543. The Hall–Kier alpha value is -0.0800.